The third kappa shape index (κ3) is 5.22. The summed E-state index contributed by atoms with van der Waals surface area (Å²) in [5, 5.41) is 3.07. The third-order valence-electron chi connectivity index (χ3n) is 6.51. The van der Waals surface area contributed by atoms with Crippen molar-refractivity contribution in [2.45, 2.75) is 31.8 Å². The highest BCUT2D eigenvalue weighted by Gasteiger charge is 2.44. The van der Waals surface area contributed by atoms with E-state index < -0.39 is 11.9 Å². The van der Waals surface area contributed by atoms with Gasteiger partial charge in [-0.25, -0.2) is 4.39 Å². The van der Waals surface area contributed by atoms with Crippen molar-refractivity contribution in [3.8, 4) is 0 Å². The summed E-state index contributed by atoms with van der Waals surface area (Å²) >= 11 is 5.69. The third-order valence-corrected chi connectivity index (χ3v) is 6.93. The van der Waals surface area contributed by atoms with E-state index in [4.69, 9.17) is 12.2 Å². The van der Waals surface area contributed by atoms with Gasteiger partial charge in [-0.3, -0.25) is 19.3 Å². The average molecular weight is 517 g/mol. The van der Waals surface area contributed by atoms with Crippen LogP contribution in [0.15, 0.2) is 78.9 Å². The fourth-order valence-corrected chi connectivity index (χ4v) is 5.04. The van der Waals surface area contributed by atoms with E-state index in [1.54, 1.807) is 21.9 Å². The van der Waals surface area contributed by atoms with Gasteiger partial charge in [0.05, 0.1) is 12.1 Å². The van der Waals surface area contributed by atoms with Gasteiger partial charge in [0.25, 0.3) is 5.91 Å². The molecule has 188 valence electrons. The van der Waals surface area contributed by atoms with Crippen molar-refractivity contribution in [2.75, 3.05) is 21.7 Å². The predicted octanol–water partition coefficient (Wildman–Crippen LogP) is 4.48. The molecule has 0 spiro atoms. The molecule has 1 atom stereocenters. The fraction of sp³-hybridized carbons (Fsp3) is 0.214. The second-order valence-electron chi connectivity index (χ2n) is 9.01. The topological polar surface area (TPSA) is 73.0 Å². The SMILES string of the molecule is O=C(C[C@@H]1C(=O)N(c2ccc(F)cc2)C(=S)N1Cc1ccc(N2CCCC2=O)cc1)Nc1ccccc1. The Balaban J connectivity index is 1.38. The van der Waals surface area contributed by atoms with Crippen LogP contribution in [0.2, 0.25) is 0 Å². The fourth-order valence-electron chi connectivity index (χ4n) is 4.65. The Morgan fingerprint density at radius 1 is 0.946 bits per heavy atom. The summed E-state index contributed by atoms with van der Waals surface area (Å²) in [6, 6.07) is 21.3. The maximum Gasteiger partial charge on any atom is 0.256 e. The molecule has 5 rings (SSSR count). The van der Waals surface area contributed by atoms with Crippen LogP contribution in [0, 0.1) is 5.82 Å². The number of carbonyl (C=O) groups is 3. The van der Waals surface area contributed by atoms with Gasteiger partial charge in [0.15, 0.2) is 5.11 Å². The largest absolute Gasteiger partial charge is 0.332 e. The smallest absolute Gasteiger partial charge is 0.256 e. The first kappa shape index (κ1) is 24.6. The second-order valence-corrected chi connectivity index (χ2v) is 9.38. The first-order valence-electron chi connectivity index (χ1n) is 12.0. The van der Waals surface area contributed by atoms with Gasteiger partial charge >= 0.3 is 0 Å². The Kier molecular flexibility index (Phi) is 6.96. The number of amides is 3. The molecule has 0 unspecified atom stereocenters. The van der Waals surface area contributed by atoms with Gasteiger partial charge in [-0.1, -0.05) is 30.3 Å². The van der Waals surface area contributed by atoms with E-state index >= 15 is 0 Å². The summed E-state index contributed by atoms with van der Waals surface area (Å²) < 4.78 is 13.5. The first-order valence-corrected chi connectivity index (χ1v) is 12.5. The average Bonchev–Trinajstić information content (AvgIpc) is 3.42. The number of hydrogen-bond acceptors (Lipinski definition) is 4. The van der Waals surface area contributed by atoms with E-state index in [0.717, 1.165) is 17.7 Å². The van der Waals surface area contributed by atoms with E-state index in [-0.39, 0.29) is 29.3 Å². The molecule has 0 saturated carbocycles. The van der Waals surface area contributed by atoms with Gasteiger partial charge in [0.1, 0.15) is 11.9 Å². The highest BCUT2D eigenvalue weighted by molar-refractivity contribution is 7.80. The summed E-state index contributed by atoms with van der Waals surface area (Å²) in [5.41, 5.74) is 2.78. The van der Waals surface area contributed by atoms with Crippen molar-refractivity contribution in [1.82, 2.24) is 4.90 Å². The van der Waals surface area contributed by atoms with E-state index in [2.05, 4.69) is 5.32 Å². The second kappa shape index (κ2) is 10.5. The Morgan fingerprint density at radius 2 is 1.62 bits per heavy atom. The summed E-state index contributed by atoms with van der Waals surface area (Å²) in [6.45, 7) is 0.994. The number of hydrogen-bond donors (Lipinski definition) is 1. The summed E-state index contributed by atoms with van der Waals surface area (Å²) in [7, 11) is 0. The molecule has 3 amide bonds. The Labute approximate surface area is 219 Å². The predicted molar refractivity (Wildman–Crippen MR) is 144 cm³/mol. The van der Waals surface area contributed by atoms with Crippen LogP contribution in [0.5, 0.6) is 0 Å². The van der Waals surface area contributed by atoms with E-state index in [0.29, 0.717) is 30.9 Å². The molecule has 2 aliphatic heterocycles. The van der Waals surface area contributed by atoms with Crippen molar-refractivity contribution in [2.24, 2.45) is 0 Å². The minimum Gasteiger partial charge on any atom is -0.332 e. The molecule has 0 bridgehead atoms. The van der Waals surface area contributed by atoms with Gasteiger partial charge in [0, 0.05) is 30.9 Å². The number of para-hydroxylation sites is 1. The van der Waals surface area contributed by atoms with E-state index in [1.165, 1.54) is 29.2 Å². The normalized spacial score (nSPS) is 17.6. The number of thiocarbonyl (C=S) groups is 1. The Morgan fingerprint density at radius 3 is 2.27 bits per heavy atom. The maximum atomic E-state index is 13.5. The van der Waals surface area contributed by atoms with Crippen LogP contribution in [0.4, 0.5) is 21.5 Å². The summed E-state index contributed by atoms with van der Waals surface area (Å²) in [5.74, 6) is -0.979. The van der Waals surface area contributed by atoms with Crippen molar-refractivity contribution in [1.29, 1.82) is 0 Å². The molecule has 2 aliphatic rings. The molecule has 0 radical (unpaired) electrons. The van der Waals surface area contributed by atoms with Gasteiger partial charge in [-0.2, -0.15) is 0 Å². The number of carbonyl (C=O) groups excluding carboxylic acids is 3. The number of anilines is 3. The molecule has 0 aromatic heterocycles. The highest BCUT2D eigenvalue weighted by atomic mass is 32.1. The minimum absolute atomic E-state index is 0.105. The Hall–Kier alpha value is -4.11. The van der Waals surface area contributed by atoms with Gasteiger partial charge in [-0.05, 0) is 72.7 Å². The summed E-state index contributed by atoms with van der Waals surface area (Å²) in [4.78, 5) is 43.3. The molecule has 2 heterocycles. The molecule has 3 aromatic rings. The minimum atomic E-state index is -0.832. The van der Waals surface area contributed by atoms with Crippen molar-refractivity contribution >= 4 is 52.1 Å². The standard InChI is InChI=1S/C28H25FN4O3S/c29-20-10-14-23(15-11-20)33-27(36)24(17-25(34)30-21-5-2-1-3-6-21)32(28(33)37)18-19-8-12-22(13-9-19)31-16-4-7-26(31)35/h1-3,5-6,8-15,24H,4,7,16-18H2,(H,30,34)/t24-/m1/s1. The Bertz CT molecular complexity index is 1330. The number of rotatable bonds is 7. The van der Waals surface area contributed by atoms with E-state index in [1.807, 2.05) is 42.5 Å². The van der Waals surface area contributed by atoms with Crippen molar-refractivity contribution < 1.29 is 18.8 Å². The lowest BCUT2D eigenvalue weighted by Gasteiger charge is -2.24. The zero-order valence-corrected chi connectivity index (χ0v) is 20.8. The molecule has 2 fully saturated rings. The number of nitrogens with zero attached hydrogens (tertiary/aromatic N) is 3. The summed E-state index contributed by atoms with van der Waals surface area (Å²) in [6.07, 6.45) is 1.29. The maximum absolute atomic E-state index is 13.5. The molecule has 9 heteroatoms. The first-order chi connectivity index (χ1) is 17.9. The molecule has 7 nitrogen and oxygen atoms in total. The lowest BCUT2D eigenvalue weighted by atomic mass is 10.1. The molecular formula is C28H25FN4O3S. The monoisotopic (exact) mass is 516 g/mol. The molecule has 1 N–H and O–H groups in total. The van der Waals surface area contributed by atoms with Crippen molar-refractivity contribution in [3.05, 3.63) is 90.2 Å². The molecule has 37 heavy (non-hydrogen) atoms. The van der Waals surface area contributed by atoms with Crippen molar-refractivity contribution in [3.63, 3.8) is 0 Å². The van der Waals surface area contributed by atoms with Gasteiger partial charge in [-0.15, -0.1) is 0 Å². The van der Waals surface area contributed by atoms with E-state index in [9.17, 15) is 18.8 Å². The van der Waals surface area contributed by atoms with Gasteiger partial charge < -0.3 is 15.1 Å². The van der Waals surface area contributed by atoms with Gasteiger partial charge in [0.2, 0.25) is 11.8 Å². The molecular weight excluding hydrogens is 491 g/mol. The quantitative estimate of drug-likeness (QED) is 0.469. The molecule has 0 aliphatic carbocycles. The lowest BCUT2D eigenvalue weighted by Crippen LogP contribution is -2.37. The lowest BCUT2D eigenvalue weighted by molar-refractivity contribution is -0.124. The van der Waals surface area contributed by atoms with Crippen LogP contribution < -0.4 is 15.1 Å². The molecule has 2 saturated heterocycles. The molecule has 3 aromatic carbocycles. The van der Waals surface area contributed by atoms with Crippen LogP contribution >= 0.6 is 12.2 Å². The van der Waals surface area contributed by atoms with Crippen LogP contribution in [-0.4, -0.2) is 40.3 Å². The van der Waals surface area contributed by atoms with Crippen LogP contribution in [0.3, 0.4) is 0 Å². The number of halogens is 1. The zero-order valence-electron chi connectivity index (χ0n) is 20.0. The zero-order chi connectivity index (χ0) is 25.9. The highest BCUT2D eigenvalue weighted by Crippen LogP contribution is 2.30. The van der Waals surface area contributed by atoms with Crippen LogP contribution in [0.1, 0.15) is 24.8 Å². The van der Waals surface area contributed by atoms with Crippen LogP contribution in [-0.2, 0) is 20.9 Å². The number of benzene rings is 3. The van der Waals surface area contributed by atoms with Crippen LogP contribution in [0.25, 0.3) is 0 Å². The number of nitrogens with one attached hydrogen (secondary N) is 1.